The molecule has 3 N–H and O–H groups in total. The number of benzene rings is 3. The largest absolute Gasteiger partial charge is 0.461 e. The van der Waals surface area contributed by atoms with Crippen LogP contribution in [0.5, 0.6) is 0 Å². The molecule has 9 heteroatoms. The van der Waals surface area contributed by atoms with Crippen LogP contribution in [0.1, 0.15) is 60.3 Å². The third-order valence-corrected chi connectivity index (χ3v) is 7.10. The second kappa shape index (κ2) is 9.55. The fraction of sp³-hybridized carbons (Fsp3) is 0.267. The first-order chi connectivity index (χ1) is 18.5. The van der Waals surface area contributed by atoms with Crippen LogP contribution in [0.3, 0.4) is 0 Å². The molecular formula is C30H28FN5O3. The number of carbonyl (C=O) groups is 2. The standard InChI is InChI=1S/C30H28FN5O3/c1-16(37)39-15-23-21(18-10-19(14-32)27-22(12-18)28(33)35-34-27)6-5-7-25(23)36-9-8-17-11-20(30(2,3)4)13-24(31)26(17)29(36)38/h5-7,10-13H,8-9,15H2,1-4H3,(H3,33,34,35). The van der Waals surface area contributed by atoms with E-state index in [0.717, 1.165) is 5.56 Å². The van der Waals surface area contributed by atoms with Crippen LogP contribution >= 0.6 is 0 Å². The van der Waals surface area contributed by atoms with Gasteiger partial charge in [0.25, 0.3) is 5.91 Å². The number of rotatable bonds is 4. The van der Waals surface area contributed by atoms with Crippen LogP contribution in [0.25, 0.3) is 22.0 Å². The van der Waals surface area contributed by atoms with E-state index in [4.69, 9.17) is 10.5 Å². The number of nitrogens with one attached hydrogen (secondary N) is 1. The number of nitriles is 1. The lowest BCUT2D eigenvalue weighted by atomic mass is 9.83. The first kappa shape index (κ1) is 25.9. The van der Waals surface area contributed by atoms with Gasteiger partial charge in [0.2, 0.25) is 0 Å². The monoisotopic (exact) mass is 525 g/mol. The molecule has 0 unspecified atom stereocenters. The first-order valence-electron chi connectivity index (χ1n) is 12.6. The van der Waals surface area contributed by atoms with E-state index in [1.165, 1.54) is 17.9 Å². The number of H-pyrrole nitrogens is 1. The molecule has 0 radical (unpaired) electrons. The third-order valence-electron chi connectivity index (χ3n) is 7.10. The Balaban J connectivity index is 1.65. The Morgan fingerprint density at radius 2 is 2.03 bits per heavy atom. The highest BCUT2D eigenvalue weighted by molar-refractivity contribution is 6.09. The van der Waals surface area contributed by atoms with Crippen molar-refractivity contribution in [1.82, 2.24) is 10.2 Å². The smallest absolute Gasteiger partial charge is 0.302 e. The summed E-state index contributed by atoms with van der Waals surface area (Å²) in [6, 6.07) is 14.3. The highest BCUT2D eigenvalue weighted by Crippen LogP contribution is 2.38. The van der Waals surface area contributed by atoms with Crippen LogP contribution in [-0.2, 0) is 28.0 Å². The number of hydrogen-bond donors (Lipinski definition) is 2. The summed E-state index contributed by atoms with van der Waals surface area (Å²) in [5, 5.41) is 17.1. The molecule has 1 aliphatic rings. The molecule has 0 saturated carbocycles. The van der Waals surface area contributed by atoms with Gasteiger partial charge < -0.3 is 15.4 Å². The van der Waals surface area contributed by atoms with Gasteiger partial charge in [-0.1, -0.05) is 39.0 Å². The molecule has 1 aromatic heterocycles. The van der Waals surface area contributed by atoms with Crippen LogP contribution in [0.2, 0.25) is 0 Å². The minimum atomic E-state index is -0.552. The Kier molecular flexibility index (Phi) is 6.35. The van der Waals surface area contributed by atoms with E-state index in [1.54, 1.807) is 24.3 Å². The summed E-state index contributed by atoms with van der Waals surface area (Å²) in [7, 11) is 0. The van der Waals surface area contributed by atoms with Crippen molar-refractivity contribution in [3.05, 3.63) is 76.1 Å². The van der Waals surface area contributed by atoms with Crippen molar-refractivity contribution < 1.29 is 18.7 Å². The molecule has 3 aromatic carbocycles. The summed E-state index contributed by atoms with van der Waals surface area (Å²) in [6.07, 6.45) is 0.467. The second-order valence-electron chi connectivity index (χ2n) is 10.7. The number of hydrogen-bond acceptors (Lipinski definition) is 6. The van der Waals surface area contributed by atoms with Crippen LogP contribution in [0, 0.1) is 17.1 Å². The van der Waals surface area contributed by atoms with E-state index in [0.29, 0.717) is 57.4 Å². The summed E-state index contributed by atoms with van der Waals surface area (Å²) in [4.78, 5) is 27.1. The van der Waals surface area contributed by atoms with Gasteiger partial charge in [0, 0.05) is 24.4 Å². The summed E-state index contributed by atoms with van der Waals surface area (Å²) >= 11 is 0. The lowest BCUT2D eigenvalue weighted by Crippen LogP contribution is -2.39. The number of esters is 1. The van der Waals surface area contributed by atoms with E-state index in [1.807, 2.05) is 32.9 Å². The van der Waals surface area contributed by atoms with Crippen LogP contribution in [0.4, 0.5) is 15.9 Å². The van der Waals surface area contributed by atoms with E-state index >= 15 is 4.39 Å². The fourth-order valence-electron chi connectivity index (χ4n) is 5.04. The number of carbonyl (C=O) groups excluding carboxylic acids is 2. The van der Waals surface area contributed by atoms with Crippen molar-refractivity contribution in [2.24, 2.45) is 0 Å². The number of ether oxygens (including phenoxy) is 1. The maximum absolute atomic E-state index is 15.4. The normalized spacial score (nSPS) is 13.3. The molecule has 39 heavy (non-hydrogen) atoms. The fourth-order valence-corrected chi connectivity index (χ4v) is 5.04. The van der Waals surface area contributed by atoms with Crippen LogP contribution in [0.15, 0.2) is 42.5 Å². The predicted molar refractivity (Wildman–Crippen MR) is 147 cm³/mol. The van der Waals surface area contributed by atoms with Gasteiger partial charge >= 0.3 is 5.97 Å². The number of nitrogen functional groups attached to an aromatic ring is 1. The molecule has 0 fully saturated rings. The SMILES string of the molecule is CC(=O)OCc1c(-c2cc(C#N)c3[nH]nc(N)c3c2)cccc1N1CCc2cc(C(C)(C)C)cc(F)c2C1=O. The molecular weight excluding hydrogens is 497 g/mol. The van der Waals surface area contributed by atoms with E-state index < -0.39 is 17.7 Å². The summed E-state index contributed by atoms with van der Waals surface area (Å²) in [5.41, 5.74) is 10.5. The highest BCUT2D eigenvalue weighted by Gasteiger charge is 2.32. The zero-order valence-electron chi connectivity index (χ0n) is 22.2. The zero-order valence-corrected chi connectivity index (χ0v) is 22.2. The highest BCUT2D eigenvalue weighted by atomic mass is 19.1. The second-order valence-corrected chi connectivity index (χ2v) is 10.7. The zero-order chi connectivity index (χ0) is 28.1. The van der Waals surface area contributed by atoms with Crippen molar-refractivity contribution in [2.75, 3.05) is 17.2 Å². The minimum Gasteiger partial charge on any atom is -0.461 e. The van der Waals surface area contributed by atoms with Gasteiger partial charge in [0.1, 0.15) is 18.5 Å². The first-order valence-corrected chi connectivity index (χ1v) is 12.6. The maximum Gasteiger partial charge on any atom is 0.302 e. The Hall–Kier alpha value is -4.71. The summed E-state index contributed by atoms with van der Waals surface area (Å²) in [6.45, 7) is 7.52. The number of aromatic amines is 1. The molecule has 0 bridgehead atoms. The van der Waals surface area contributed by atoms with Gasteiger partial charge in [0.05, 0.1) is 22.3 Å². The number of aromatic nitrogens is 2. The lowest BCUT2D eigenvalue weighted by molar-refractivity contribution is -0.142. The van der Waals surface area contributed by atoms with Crippen molar-refractivity contribution >= 4 is 34.3 Å². The molecule has 0 spiro atoms. The molecule has 1 amide bonds. The van der Waals surface area contributed by atoms with E-state index in [2.05, 4.69) is 16.3 Å². The van der Waals surface area contributed by atoms with E-state index in [9.17, 15) is 14.9 Å². The predicted octanol–water partition coefficient (Wildman–Crippen LogP) is 5.39. The Bertz CT molecular complexity index is 1690. The molecule has 8 nitrogen and oxygen atoms in total. The molecule has 0 saturated heterocycles. The lowest BCUT2D eigenvalue weighted by Gasteiger charge is -2.32. The molecule has 1 aliphatic heterocycles. The number of fused-ring (bicyclic) bond motifs is 2. The molecule has 0 atom stereocenters. The van der Waals surface area contributed by atoms with Crippen molar-refractivity contribution in [3.8, 4) is 17.2 Å². The number of nitrogens with two attached hydrogens (primary N) is 1. The van der Waals surface area contributed by atoms with Gasteiger partial charge in [-0.15, -0.1) is 0 Å². The molecule has 0 aliphatic carbocycles. The molecule has 5 rings (SSSR count). The average Bonchev–Trinajstić information content (AvgIpc) is 3.26. The third kappa shape index (κ3) is 4.59. The van der Waals surface area contributed by atoms with Gasteiger partial charge in [-0.2, -0.15) is 10.4 Å². The average molecular weight is 526 g/mol. The van der Waals surface area contributed by atoms with Gasteiger partial charge in [-0.05, 0) is 58.4 Å². The van der Waals surface area contributed by atoms with Gasteiger partial charge in [0.15, 0.2) is 5.82 Å². The molecule has 4 aromatic rings. The summed E-state index contributed by atoms with van der Waals surface area (Å²) in [5.74, 6) is -1.25. The quantitative estimate of drug-likeness (QED) is 0.344. The number of anilines is 2. The Morgan fingerprint density at radius 1 is 1.26 bits per heavy atom. The van der Waals surface area contributed by atoms with Gasteiger partial charge in [-0.25, -0.2) is 4.39 Å². The topological polar surface area (TPSA) is 125 Å². The van der Waals surface area contributed by atoms with Crippen molar-refractivity contribution in [3.63, 3.8) is 0 Å². The maximum atomic E-state index is 15.4. The van der Waals surface area contributed by atoms with Crippen molar-refractivity contribution in [2.45, 2.75) is 46.1 Å². The van der Waals surface area contributed by atoms with Crippen molar-refractivity contribution in [1.29, 1.82) is 5.26 Å². The van der Waals surface area contributed by atoms with E-state index in [-0.39, 0.29) is 23.4 Å². The number of halogens is 1. The number of amides is 1. The van der Waals surface area contributed by atoms with Crippen LogP contribution in [-0.4, -0.2) is 28.6 Å². The van der Waals surface area contributed by atoms with Crippen LogP contribution < -0.4 is 10.6 Å². The van der Waals surface area contributed by atoms with Gasteiger partial charge in [-0.3, -0.25) is 14.7 Å². The number of nitrogens with zero attached hydrogens (tertiary/aromatic N) is 3. The Morgan fingerprint density at radius 3 is 2.72 bits per heavy atom. The summed E-state index contributed by atoms with van der Waals surface area (Å²) < 4.78 is 20.8. The Labute approximate surface area is 225 Å². The molecule has 2 heterocycles. The minimum absolute atomic E-state index is 0.0532. The molecule has 198 valence electrons.